The molecule has 0 spiro atoms. The molecule has 4 nitrogen and oxygen atoms in total. The van der Waals surface area contributed by atoms with Gasteiger partial charge in [0.2, 0.25) is 0 Å². The smallest absolute Gasteiger partial charge is 0.333 e. The predicted molar refractivity (Wildman–Crippen MR) is 102 cm³/mol. The van der Waals surface area contributed by atoms with Crippen molar-refractivity contribution >= 4 is 31.2 Å². The molecule has 0 bridgehead atoms. The number of hydrogen-bond acceptors (Lipinski definition) is 4. The van der Waals surface area contributed by atoms with Gasteiger partial charge in [0.05, 0.1) is 7.11 Å². The zero-order valence-corrected chi connectivity index (χ0v) is 18.6. The van der Waals surface area contributed by atoms with Gasteiger partial charge in [-0.25, -0.2) is 0 Å². The fourth-order valence-corrected chi connectivity index (χ4v) is 15.3. The lowest BCUT2D eigenvalue weighted by Crippen LogP contribution is -2.58. The fourth-order valence-electron chi connectivity index (χ4n) is 2.77. The Morgan fingerprint density at radius 2 is 1.30 bits per heavy atom. The molecule has 7 heteroatoms. The summed E-state index contributed by atoms with van der Waals surface area (Å²) in [5.41, 5.74) is 0.428. The molecule has 1 atom stereocenters. The zero-order chi connectivity index (χ0) is 17.9. The van der Waals surface area contributed by atoms with Crippen LogP contribution in [0, 0.1) is 0 Å². The molecule has 0 saturated carbocycles. The van der Waals surface area contributed by atoms with E-state index in [-0.39, 0.29) is 5.97 Å². The molecule has 0 saturated heterocycles. The molecule has 0 amide bonds. The minimum absolute atomic E-state index is 0.276. The normalized spacial score (nSPS) is 14.4. The monoisotopic (exact) mass is 370 g/mol. The van der Waals surface area contributed by atoms with Crippen molar-refractivity contribution in [1.82, 2.24) is 0 Å². The Labute approximate surface area is 143 Å². The highest BCUT2D eigenvalue weighted by molar-refractivity contribution is 6.89. The van der Waals surface area contributed by atoms with Gasteiger partial charge in [-0.2, -0.15) is 0 Å². The van der Waals surface area contributed by atoms with Gasteiger partial charge in [0, 0.05) is 0 Å². The highest BCUT2D eigenvalue weighted by atomic mass is 28.5. The van der Waals surface area contributed by atoms with E-state index in [1.54, 1.807) is 0 Å². The van der Waals surface area contributed by atoms with E-state index in [0.717, 1.165) is 5.56 Å². The second kappa shape index (κ2) is 7.44. The van der Waals surface area contributed by atoms with Crippen molar-refractivity contribution in [1.29, 1.82) is 0 Å². The van der Waals surface area contributed by atoms with Gasteiger partial charge >= 0.3 is 14.5 Å². The van der Waals surface area contributed by atoms with Crippen LogP contribution >= 0.6 is 0 Å². The standard InChI is InChI=1S/C16H30O4Si3/c1-18-16(17)15(14-12-10-9-11-13-14)23(8,19-21(2,3)4)20-22(5,6)7/h9-13,15H,1-8H3. The van der Waals surface area contributed by atoms with Gasteiger partial charge in [0.1, 0.15) is 5.54 Å². The molecular formula is C16H30O4Si3. The highest BCUT2D eigenvalue weighted by Gasteiger charge is 2.51. The molecule has 130 valence electrons. The second-order valence-corrected chi connectivity index (χ2v) is 20.5. The van der Waals surface area contributed by atoms with Gasteiger partial charge in [-0.3, -0.25) is 4.79 Å². The highest BCUT2D eigenvalue weighted by Crippen LogP contribution is 2.34. The first kappa shape index (κ1) is 20.3. The lowest BCUT2D eigenvalue weighted by Gasteiger charge is -2.42. The van der Waals surface area contributed by atoms with Crippen LogP contribution < -0.4 is 0 Å². The third-order valence-electron chi connectivity index (χ3n) is 3.11. The lowest BCUT2D eigenvalue weighted by molar-refractivity contribution is -0.141. The van der Waals surface area contributed by atoms with Crippen molar-refractivity contribution in [3.63, 3.8) is 0 Å². The average molecular weight is 371 g/mol. The Balaban J connectivity index is 3.40. The number of carbonyl (C=O) groups is 1. The summed E-state index contributed by atoms with van der Waals surface area (Å²) in [4.78, 5) is 12.6. The summed E-state index contributed by atoms with van der Waals surface area (Å²) >= 11 is 0. The lowest BCUT2D eigenvalue weighted by atomic mass is 10.1. The second-order valence-electron chi connectivity index (χ2n) is 7.81. The number of rotatable bonds is 7. The van der Waals surface area contributed by atoms with E-state index in [0.29, 0.717) is 0 Å². The molecule has 0 aromatic heterocycles. The van der Waals surface area contributed by atoms with E-state index >= 15 is 0 Å². The van der Waals surface area contributed by atoms with E-state index in [1.807, 2.05) is 36.9 Å². The van der Waals surface area contributed by atoms with E-state index in [4.69, 9.17) is 13.0 Å². The minimum Gasteiger partial charge on any atom is -0.469 e. The molecule has 1 aromatic carbocycles. The molecule has 0 aliphatic carbocycles. The first-order chi connectivity index (χ1) is 10.4. The van der Waals surface area contributed by atoms with Crippen molar-refractivity contribution in [3.05, 3.63) is 35.9 Å². The predicted octanol–water partition coefficient (Wildman–Crippen LogP) is 4.26. The number of ether oxygens (including phenoxy) is 1. The first-order valence-corrected chi connectivity index (χ1v) is 17.1. The summed E-state index contributed by atoms with van der Waals surface area (Å²) in [7, 11) is -5.19. The van der Waals surface area contributed by atoms with Crippen molar-refractivity contribution in [2.24, 2.45) is 0 Å². The molecule has 0 N–H and O–H groups in total. The van der Waals surface area contributed by atoms with Gasteiger partial charge in [-0.1, -0.05) is 30.3 Å². The first-order valence-electron chi connectivity index (χ1n) is 7.91. The van der Waals surface area contributed by atoms with Crippen LogP contribution in [0.1, 0.15) is 11.1 Å². The SMILES string of the molecule is COC(=O)C(c1ccccc1)[Si](C)(O[Si](C)(C)C)O[Si](C)(C)C. The quantitative estimate of drug-likeness (QED) is 0.531. The Kier molecular flexibility index (Phi) is 6.56. The average Bonchev–Trinajstić information content (AvgIpc) is 2.35. The molecule has 0 aliphatic heterocycles. The largest absolute Gasteiger partial charge is 0.469 e. The molecule has 0 radical (unpaired) electrons. The van der Waals surface area contributed by atoms with Crippen molar-refractivity contribution < 1.29 is 17.8 Å². The van der Waals surface area contributed by atoms with Crippen LogP contribution in [-0.4, -0.2) is 38.3 Å². The fraction of sp³-hybridized carbons (Fsp3) is 0.562. The summed E-state index contributed by atoms with van der Waals surface area (Å²) in [6.45, 7) is 14.8. The van der Waals surface area contributed by atoms with Crippen molar-refractivity contribution in [2.75, 3.05) is 7.11 Å². The van der Waals surface area contributed by atoms with Crippen LogP contribution in [0.3, 0.4) is 0 Å². The van der Waals surface area contributed by atoms with Crippen molar-refractivity contribution in [2.45, 2.75) is 51.4 Å². The molecule has 1 unspecified atom stereocenters. The zero-order valence-electron chi connectivity index (χ0n) is 15.6. The topological polar surface area (TPSA) is 44.8 Å². The molecule has 0 heterocycles. The van der Waals surface area contributed by atoms with Crippen LogP contribution in [0.15, 0.2) is 30.3 Å². The Morgan fingerprint density at radius 1 is 0.870 bits per heavy atom. The van der Waals surface area contributed by atoms with E-state index in [9.17, 15) is 4.79 Å². The van der Waals surface area contributed by atoms with E-state index in [2.05, 4.69) is 39.3 Å². The maximum Gasteiger partial charge on any atom is 0.333 e. The summed E-state index contributed by atoms with van der Waals surface area (Å²) in [5.74, 6) is -0.276. The van der Waals surface area contributed by atoms with Gasteiger partial charge in [0.15, 0.2) is 16.6 Å². The number of methoxy groups -OCH3 is 1. The van der Waals surface area contributed by atoms with Gasteiger partial charge in [0.25, 0.3) is 0 Å². The third kappa shape index (κ3) is 6.34. The van der Waals surface area contributed by atoms with Crippen LogP contribution in [-0.2, 0) is 17.8 Å². The summed E-state index contributed by atoms with van der Waals surface area (Å²) in [5, 5.41) is 0. The molecule has 23 heavy (non-hydrogen) atoms. The van der Waals surface area contributed by atoms with E-state index in [1.165, 1.54) is 7.11 Å². The molecular weight excluding hydrogens is 340 g/mol. The minimum atomic E-state index is -2.83. The van der Waals surface area contributed by atoms with Crippen LogP contribution in [0.5, 0.6) is 0 Å². The molecule has 1 rings (SSSR count). The van der Waals surface area contributed by atoms with Crippen LogP contribution in [0.4, 0.5) is 0 Å². The number of esters is 1. The summed E-state index contributed by atoms with van der Waals surface area (Å²) in [6.07, 6.45) is 0. The number of benzene rings is 1. The molecule has 1 aromatic rings. The third-order valence-corrected chi connectivity index (χ3v) is 12.9. The maximum atomic E-state index is 12.6. The van der Waals surface area contributed by atoms with E-state index < -0.39 is 30.7 Å². The maximum absolute atomic E-state index is 12.6. The molecule has 0 fully saturated rings. The number of hydrogen-bond donors (Lipinski definition) is 0. The van der Waals surface area contributed by atoms with Crippen LogP contribution in [0.2, 0.25) is 45.8 Å². The summed E-state index contributed by atoms with van der Waals surface area (Å²) in [6, 6.07) is 9.71. The Hall–Kier alpha value is -0.739. The summed E-state index contributed by atoms with van der Waals surface area (Å²) < 4.78 is 18.2. The Bertz CT molecular complexity index is 504. The van der Waals surface area contributed by atoms with Gasteiger partial charge in [-0.15, -0.1) is 0 Å². The van der Waals surface area contributed by atoms with Gasteiger partial charge in [-0.05, 0) is 51.4 Å². The Morgan fingerprint density at radius 3 is 1.65 bits per heavy atom. The van der Waals surface area contributed by atoms with Crippen LogP contribution in [0.25, 0.3) is 0 Å². The number of carbonyl (C=O) groups excluding carboxylic acids is 1. The van der Waals surface area contributed by atoms with Gasteiger partial charge < -0.3 is 13.0 Å². The molecule has 0 aliphatic rings. The van der Waals surface area contributed by atoms with Crippen molar-refractivity contribution in [3.8, 4) is 0 Å².